The van der Waals surface area contributed by atoms with Gasteiger partial charge in [0.15, 0.2) is 9.75 Å². The van der Waals surface area contributed by atoms with E-state index in [1.54, 1.807) is 6.08 Å². The number of halogens is 2. The molecular weight excluding hydrogens is 543 g/mol. The summed E-state index contributed by atoms with van der Waals surface area (Å²) in [6, 6.07) is 2.78. The lowest BCUT2D eigenvalue weighted by atomic mass is 9.56. The molecule has 202 valence electrons. The molecule has 1 N–H and O–H groups in total. The molecule has 0 bridgehead atoms. The van der Waals surface area contributed by atoms with Gasteiger partial charge in [0.1, 0.15) is 17.2 Å². The Labute approximate surface area is 227 Å². The molecule has 0 radical (unpaired) electrons. The van der Waals surface area contributed by atoms with Crippen LogP contribution in [0.1, 0.15) is 24.3 Å². The number of rotatable bonds is 3. The van der Waals surface area contributed by atoms with Gasteiger partial charge in [-0.3, -0.25) is 24.1 Å². The van der Waals surface area contributed by atoms with Crippen LogP contribution in [0, 0.1) is 17.8 Å². The lowest BCUT2D eigenvalue weighted by Crippen LogP contribution is -2.60. The third-order valence-electron chi connectivity index (χ3n) is 8.21. The molecule has 4 aliphatic rings. The van der Waals surface area contributed by atoms with Gasteiger partial charge < -0.3 is 19.3 Å². The number of fused-ring (bicyclic) bond motifs is 4. The molecule has 0 spiro atoms. The van der Waals surface area contributed by atoms with E-state index in [9.17, 15) is 29.1 Å². The average Bonchev–Trinajstić information content (AvgIpc) is 3.23. The van der Waals surface area contributed by atoms with Gasteiger partial charge in [-0.15, -0.1) is 23.2 Å². The Hall–Kier alpha value is -3.31. The second-order valence-corrected chi connectivity index (χ2v) is 11.0. The number of methoxy groups -OCH3 is 3. The first-order chi connectivity index (χ1) is 17.9. The molecule has 2 aliphatic heterocycles. The third-order valence-corrected chi connectivity index (χ3v) is 9.62. The molecule has 0 aromatic heterocycles. The van der Waals surface area contributed by atoms with Crippen LogP contribution in [0.15, 0.2) is 23.8 Å². The second kappa shape index (κ2) is 8.60. The summed E-state index contributed by atoms with van der Waals surface area (Å²) in [4.78, 5) is 63.0. The minimum atomic E-state index is -2.11. The van der Waals surface area contributed by atoms with Gasteiger partial charge in [-0.05, 0) is 18.8 Å². The van der Waals surface area contributed by atoms with Crippen molar-refractivity contribution in [2.45, 2.75) is 28.5 Å². The van der Waals surface area contributed by atoms with E-state index < -0.39 is 63.1 Å². The van der Waals surface area contributed by atoms with Crippen molar-refractivity contribution in [3.8, 4) is 17.2 Å². The number of allylic oxidation sites excluding steroid dienone is 2. The van der Waals surface area contributed by atoms with Crippen LogP contribution < -0.4 is 9.47 Å². The highest BCUT2D eigenvalue weighted by atomic mass is 35.5. The highest BCUT2D eigenvalue weighted by Gasteiger charge is 2.76. The smallest absolute Gasteiger partial charge is 0.423 e. The predicted octanol–water partition coefficient (Wildman–Crippen LogP) is 2.16. The zero-order chi connectivity index (χ0) is 27.9. The summed E-state index contributed by atoms with van der Waals surface area (Å²) in [5.41, 5.74) is 0.501. The molecular formula is C25H24Cl2N2O9. The molecule has 2 heterocycles. The van der Waals surface area contributed by atoms with Crippen molar-refractivity contribution in [3.05, 3.63) is 29.3 Å². The lowest BCUT2D eigenvalue weighted by molar-refractivity contribution is -0.139. The van der Waals surface area contributed by atoms with Gasteiger partial charge in [-0.1, -0.05) is 11.6 Å². The zero-order valence-corrected chi connectivity index (χ0v) is 22.3. The molecule has 6 atom stereocenters. The summed E-state index contributed by atoms with van der Waals surface area (Å²) >= 11 is 14.1. The van der Waals surface area contributed by atoms with Gasteiger partial charge in [0.25, 0.3) is 11.8 Å². The van der Waals surface area contributed by atoms with Crippen LogP contribution in [0.3, 0.4) is 0 Å². The number of likely N-dealkylation sites (tertiary alicyclic amines) is 2. The Morgan fingerprint density at radius 3 is 2.32 bits per heavy atom. The average molecular weight is 567 g/mol. The van der Waals surface area contributed by atoms with Crippen LogP contribution in [0.25, 0.3) is 0 Å². The van der Waals surface area contributed by atoms with Crippen LogP contribution in [0.5, 0.6) is 17.2 Å². The molecule has 11 nitrogen and oxygen atoms in total. The van der Waals surface area contributed by atoms with Gasteiger partial charge in [0.2, 0.25) is 11.8 Å². The van der Waals surface area contributed by atoms with Crippen molar-refractivity contribution in [2.24, 2.45) is 17.8 Å². The van der Waals surface area contributed by atoms with Gasteiger partial charge in [-0.25, -0.2) is 4.79 Å². The molecule has 6 unspecified atom stereocenters. The molecule has 5 amide bonds. The van der Waals surface area contributed by atoms with Crippen LogP contribution in [-0.2, 0) is 23.9 Å². The molecule has 5 rings (SSSR count). The third kappa shape index (κ3) is 3.05. The number of hydrogen-bond donors (Lipinski definition) is 1. The predicted molar refractivity (Wildman–Crippen MR) is 131 cm³/mol. The summed E-state index contributed by atoms with van der Waals surface area (Å²) in [6.07, 6.45) is 0.341. The van der Waals surface area contributed by atoms with E-state index >= 15 is 0 Å². The molecule has 3 fully saturated rings. The number of imide groups is 4. The van der Waals surface area contributed by atoms with E-state index in [0.717, 1.165) is 12.0 Å². The Morgan fingerprint density at radius 1 is 1.03 bits per heavy atom. The maximum absolute atomic E-state index is 13.6. The molecule has 1 saturated carbocycles. The first-order valence-corrected chi connectivity index (χ1v) is 12.5. The Bertz CT molecular complexity index is 1350. The topological polar surface area (TPSA) is 140 Å². The minimum Gasteiger partial charge on any atom is -0.507 e. The monoisotopic (exact) mass is 566 g/mol. The molecule has 13 heteroatoms. The number of carbonyl (C=O) groups excluding carboxylic acids is 5. The fourth-order valence-electron chi connectivity index (χ4n) is 6.50. The maximum Gasteiger partial charge on any atom is 0.423 e. The highest BCUT2D eigenvalue weighted by molar-refractivity contribution is 6.53. The van der Waals surface area contributed by atoms with E-state index in [4.69, 9.17) is 32.7 Å². The zero-order valence-electron chi connectivity index (χ0n) is 20.8. The Balaban J connectivity index is 1.77. The fraction of sp³-hybridized carbons (Fsp3) is 0.480. The first kappa shape index (κ1) is 26.3. The van der Waals surface area contributed by atoms with E-state index in [-0.39, 0.29) is 35.7 Å². The van der Waals surface area contributed by atoms with E-state index in [2.05, 4.69) is 4.74 Å². The van der Waals surface area contributed by atoms with E-state index in [0.29, 0.717) is 10.5 Å². The molecule has 38 heavy (non-hydrogen) atoms. The quantitative estimate of drug-likeness (QED) is 0.331. The lowest BCUT2D eigenvalue weighted by Gasteiger charge is -2.50. The van der Waals surface area contributed by atoms with Crippen LogP contribution in [0.2, 0.25) is 0 Å². The molecule has 1 aromatic carbocycles. The van der Waals surface area contributed by atoms with Crippen molar-refractivity contribution in [3.63, 3.8) is 0 Å². The standard InChI is InChI=1S/C25H24Cl2N2O9/c1-28-21(33)24(26)9-13-11(5-6-12-16(13)20(32)29(19(12)31)23(35)38-4)18(25(24,27)22(28)34)17-14(30)7-10(36-2)8-15(17)37-3/h5,7-8,12-13,16,18,30H,6,9H2,1-4H3. The molecule has 1 aromatic rings. The van der Waals surface area contributed by atoms with Gasteiger partial charge in [0, 0.05) is 30.7 Å². The Kier molecular flexibility index (Phi) is 5.96. The number of hydrogen-bond acceptors (Lipinski definition) is 9. The number of amides is 5. The summed E-state index contributed by atoms with van der Waals surface area (Å²) in [5, 5.41) is 11.2. The molecule has 2 aliphatic carbocycles. The van der Waals surface area contributed by atoms with E-state index in [1.165, 1.54) is 33.4 Å². The number of phenols is 1. The van der Waals surface area contributed by atoms with Crippen molar-refractivity contribution in [2.75, 3.05) is 28.4 Å². The summed E-state index contributed by atoms with van der Waals surface area (Å²) in [7, 11) is 5.05. The number of benzene rings is 1. The normalized spacial score (nSPS) is 34.0. The number of nitrogens with zero attached hydrogens (tertiary/aromatic N) is 2. The van der Waals surface area contributed by atoms with Crippen molar-refractivity contribution >= 4 is 52.9 Å². The van der Waals surface area contributed by atoms with Crippen molar-refractivity contribution in [1.29, 1.82) is 0 Å². The summed E-state index contributed by atoms with van der Waals surface area (Å²) < 4.78 is 15.4. The van der Waals surface area contributed by atoms with Gasteiger partial charge >= 0.3 is 6.09 Å². The summed E-state index contributed by atoms with van der Waals surface area (Å²) in [5.74, 6) is -7.14. The molecule has 2 saturated heterocycles. The number of phenolic OH excluding ortho intramolecular Hbond substituents is 1. The number of alkyl halides is 2. The van der Waals surface area contributed by atoms with Crippen LogP contribution in [0.4, 0.5) is 4.79 Å². The number of aromatic hydroxyl groups is 1. The summed E-state index contributed by atoms with van der Waals surface area (Å²) in [6.45, 7) is 0. The number of carbonyl (C=O) groups is 5. The van der Waals surface area contributed by atoms with Crippen LogP contribution >= 0.6 is 23.2 Å². The van der Waals surface area contributed by atoms with Gasteiger partial charge in [-0.2, -0.15) is 4.90 Å². The maximum atomic E-state index is 13.6. The van der Waals surface area contributed by atoms with Crippen molar-refractivity contribution < 1.29 is 43.3 Å². The highest BCUT2D eigenvalue weighted by Crippen LogP contribution is 2.67. The van der Waals surface area contributed by atoms with Crippen molar-refractivity contribution in [1.82, 2.24) is 9.80 Å². The first-order valence-electron chi connectivity index (χ1n) is 11.7. The SMILES string of the molecule is COC(=O)N1C(=O)C2CC=C3C(CC4(Cl)C(=O)N(C)C(=O)C4(Cl)C3c3c(O)cc(OC)cc3OC)C2C1=O. The minimum absolute atomic E-state index is 0.0462. The van der Waals surface area contributed by atoms with Crippen LogP contribution in [-0.4, -0.2) is 82.8 Å². The number of ether oxygens (including phenoxy) is 3. The van der Waals surface area contributed by atoms with Gasteiger partial charge in [0.05, 0.1) is 33.2 Å². The largest absolute Gasteiger partial charge is 0.507 e. The Morgan fingerprint density at radius 2 is 1.71 bits per heavy atom. The van der Waals surface area contributed by atoms with E-state index in [1.807, 2.05) is 0 Å². The fourth-order valence-corrected chi connectivity index (χ4v) is 7.50. The second-order valence-electron chi connectivity index (χ2n) is 9.74.